The first-order valence-corrected chi connectivity index (χ1v) is 9.77. The van der Waals surface area contributed by atoms with Crippen LogP contribution in [0.25, 0.3) is 10.7 Å². The summed E-state index contributed by atoms with van der Waals surface area (Å²) >= 11 is 3.05. The number of thioether (sulfide) groups is 1. The molecule has 1 amide bonds. The first kappa shape index (κ1) is 16.5. The molecule has 0 unspecified atom stereocenters. The zero-order valence-electron chi connectivity index (χ0n) is 13.7. The van der Waals surface area contributed by atoms with Crippen LogP contribution in [0.2, 0.25) is 0 Å². The Balaban J connectivity index is 1.66. The van der Waals surface area contributed by atoms with E-state index in [2.05, 4.69) is 29.0 Å². The number of likely N-dealkylation sites (tertiary alicyclic amines) is 1. The van der Waals surface area contributed by atoms with Gasteiger partial charge in [0.2, 0.25) is 11.1 Å². The van der Waals surface area contributed by atoms with Crippen molar-refractivity contribution in [2.24, 2.45) is 0 Å². The van der Waals surface area contributed by atoms with Gasteiger partial charge in [-0.05, 0) is 51.5 Å². The molecular formula is C16H22N4OS2. The molecule has 1 fully saturated rings. The average Bonchev–Trinajstić information content (AvgIpc) is 3.17. The van der Waals surface area contributed by atoms with E-state index in [9.17, 15) is 4.79 Å². The van der Waals surface area contributed by atoms with Crippen LogP contribution in [0.1, 0.15) is 40.0 Å². The van der Waals surface area contributed by atoms with Crippen molar-refractivity contribution in [3.05, 3.63) is 17.5 Å². The minimum atomic E-state index is -0.176. The van der Waals surface area contributed by atoms with E-state index in [1.165, 1.54) is 18.2 Å². The van der Waals surface area contributed by atoms with Crippen molar-refractivity contribution in [3.8, 4) is 10.7 Å². The van der Waals surface area contributed by atoms with Crippen molar-refractivity contribution < 1.29 is 4.79 Å². The Bertz CT molecular complexity index is 645. The summed E-state index contributed by atoms with van der Waals surface area (Å²) in [6, 6.07) is 4.64. The normalized spacial score (nSPS) is 23.0. The van der Waals surface area contributed by atoms with Crippen LogP contribution >= 0.6 is 23.1 Å². The molecule has 0 aliphatic carbocycles. The van der Waals surface area contributed by atoms with Crippen LogP contribution in [0.3, 0.4) is 0 Å². The van der Waals surface area contributed by atoms with Gasteiger partial charge in [-0.3, -0.25) is 9.89 Å². The number of rotatable bonds is 4. The van der Waals surface area contributed by atoms with Crippen LogP contribution in [-0.2, 0) is 4.79 Å². The lowest BCUT2D eigenvalue weighted by atomic mass is 9.97. The van der Waals surface area contributed by atoms with Gasteiger partial charge in [-0.1, -0.05) is 17.8 Å². The van der Waals surface area contributed by atoms with Crippen LogP contribution in [0, 0.1) is 0 Å². The number of hydrogen-bond acceptors (Lipinski definition) is 5. The minimum absolute atomic E-state index is 0.176. The van der Waals surface area contributed by atoms with Gasteiger partial charge in [-0.25, -0.2) is 4.98 Å². The van der Waals surface area contributed by atoms with Crippen LogP contribution < -0.4 is 0 Å². The highest BCUT2D eigenvalue weighted by molar-refractivity contribution is 8.00. The monoisotopic (exact) mass is 350 g/mol. The van der Waals surface area contributed by atoms with Gasteiger partial charge in [0.05, 0.1) is 10.1 Å². The Morgan fingerprint density at radius 2 is 2.17 bits per heavy atom. The molecule has 0 bridgehead atoms. The Morgan fingerprint density at radius 1 is 1.43 bits per heavy atom. The van der Waals surface area contributed by atoms with Gasteiger partial charge in [0, 0.05) is 12.1 Å². The van der Waals surface area contributed by atoms with E-state index in [0.29, 0.717) is 17.2 Å². The number of carbonyl (C=O) groups excluding carboxylic acids is 1. The van der Waals surface area contributed by atoms with E-state index in [-0.39, 0.29) is 11.2 Å². The SMILES string of the molecule is C[C@@H]1CCC[C@@H](C)N1C(=O)[C@@H](C)Sc1n[nH]c(-c2cccs2)n1. The summed E-state index contributed by atoms with van der Waals surface area (Å²) in [5, 5.41) is 9.66. The third-order valence-electron chi connectivity index (χ3n) is 4.30. The summed E-state index contributed by atoms with van der Waals surface area (Å²) in [6.45, 7) is 6.24. The molecule has 124 valence electrons. The number of amides is 1. The topological polar surface area (TPSA) is 61.9 Å². The Labute approximate surface area is 144 Å². The maximum Gasteiger partial charge on any atom is 0.236 e. The number of aromatic nitrogens is 3. The van der Waals surface area contributed by atoms with E-state index in [0.717, 1.165) is 23.5 Å². The maximum atomic E-state index is 12.8. The molecule has 1 aliphatic heterocycles. The summed E-state index contributed by atoms with van der Waals surface area (Å²) in [6.07, 6.45) is 3.39. The highest BCUT2D eigenvalue weighted by Crippen LogP contribution is 2.29. The van der Waals surface area contributed by atoms with Gasteiger partial charge >= 0.3 is 0 Å². The number of hydrogen-bond donors (Lipinski definition) is 1. The number of nitrogens with zero attached hydrogens (tertiary/aromatic N) is 3. The van der Waals surface area contributed by atoms with E-state index in [4.69, 9.17) is 0 Å². The van der Waals surface area contributed by atoms with E-state index in [1.54, 1.807) is 11.3 Å². The summed E-state index contributed by atoms with van der Waals surface area (Å²) in [5.41, 5.74) is 0. The number of H-pyrrole nitrogens is 1. The predicted molar refractivity (Wildman–Crippen MR) is 94.6 cm³/mol. The van der Waals surface area contributed by atoms with Crippen LogP contribution in [-0.4, -0.2) is 43.3 Å². The molecular weight excluding hydrogens is 328 g/mol. The standard InChI is InChI=1S/C16H22N4OS2/c1-10-6-4-7-11(2)20(10)15(21)12(3)23-16-17-14(18-19-16)13-8-5-9-22-13/h5,8-12H,4,6-7H2,1-3H3,(H,17,18,19)/t10-,11-,12-/m1/s1. The van der Waals surface area contributed by atoms with Gasteiger partial charge in [0.1, 0.15) is 0 Å². The van der Waals surface area contributed by atoms with Crippen LogP contribution in [0.4, 0.5) is 0 Å². The fourth-order valence-corrected chi connectivity index (χ4v) is 4.54. The molecule has 0 aromatic carbocycles. The summed E-state index contributed by atoms with van der Waals surface area (Å²) in [4.78, 5) is 20.4. The van der Waals surface area contributed by atoms with Crippen molar-refractivity contribution in [3.63, 3.8) is 0 Å². The van der Waals surface area contributed by atoms with Gasteiger partial charge in [0.25, 0.3) is 0 Å². The molecule has 3 rings (SSSR count). The number of carbonyl (C=O) groups is 1. The van der Waals surface area contributed by atoms with Gasteiger partial charge < -0.3 is 4.90 Å². The zero-order chi connectivity index (χ0) is 16.4. The van der Waals surface area contributed by atoms with Crippen molar-refractivity contribution in [1.82, 2.24) is 20.1 Å². The van der Waals surface area contributed by atoms with E-state index < -0.39 is 0 Å². The lowest BCUT2D eigenvalue weighted by Gasteiger charge is -2.40. The van der Waals surface area contributed by atoms with Gasteiger partial charge in [-0.2, -0.15) is 0 Å². The van der Waals surface area contributed by atoms with E-state index in [1.807, 2.05) is 29.3 Å². The van der Waals surface area contributed by atoms with Crippen LogP contribution in [0.15, 0.2) is 22.7 Å². The lowest BCUT2D eigenvalue weighted by molar-refractivity contribution is -0.136. The minimum Gasteiger partial charge on any atom is -0.336 e. The quantitative estimate of drug-likeness (QED) is 0.852. The third-order valence-corrected chi connectivity index (χ3v) is 6.12. The first-order valence-electron chi connectivity index (χ1n) is 8.01. The van der Waals surface area contributed by atoms with Crippen molar-refractivity contribution in [1.29, 1.82) is 0 Å². The van der Waals surface area contributed by atoms with Crippen molar-refractivity contribution in [2.45, 2.75) is 62.5 Å². The highest BCUT2D eigenvalue weighted by atomic mass is 32.2. The molecule has 7 heteroatoms. The molecule has 0 radical (unpaired) electrons. The molecule has 3 atom stereocenters. The van der Waals surface area contributed by atoms with Gasteiger partial charge in [0.15, 0.2) is 5.82 Å². The largest absolute Gasteiger partial charge is 0.336 e. The molecule has 2 aromatic heterocycles. The number of nitrogens with one attached hydrogen (secondary N) is 1. The molecule has 1 saturated heterocycles. The van der Waals surface area contributed by atoms with Crippen molar-refractivity contribution >= 4 is 29.0 Å². The average molecular weight is 351 g/mol. The third kappa shape index (κ3) is 3.61. The molecule has 3 heterocycles. The Morgan fingerprint density at radius 3 is 2.83 bits per heavy atom. The highest BCUT2D eigenvalue weighted by Gasteiger charge is 2.32. The molecule has 2 aromatic rings. The number of thiophene rings is 1. The molecule has 5 nitrogen and oxygen atoms in total. The second-order valence-electron chi connectivity index (χ2n) is 6.08. The van der Waals surface area contributed by atoms with Crippen LogP contribution in [0.5, 0.6) is 0 Å². The molecule has 23 heavy (non-hydrogen) atoms. The summed E-state index contributed by atoms with van der Waals surface area (Å²) in [5.74, 6) is 0.957. The smallest absolute Gasteiger partial charge is 0.236 e. The second kappa shape index (κ2) is 7.05. The zero-order valence-corrected chi connectivity index (χ0v) is 15.3. The second-order valence-corrected chi connectivity index (χ2v) is 8.33. The lowest BCUT2D eigenvalue weighted by Crippen LogP contribution is -2.50. The molecule has 0 spiro atoms. The first-order chi connectivity index (χ1) is 11.1. The summed E-state index contributed by atoms with van der Waals surface area (Å²) < 4.78 is 0. The van der Waals surface area contributed by atoms with E-state index >= 15 is 0 Å². The fourth-order valence-electron chi connectivity index (χ4n) is 3.10. The predicted octanol–water partition coefficient (Wildman–Crippen LogP) is 3.80. The molecule has 1 aliphatic rings. The van der Waals surface area contributed by atoms with Crippen molar-refractivity contribution in [2.75, 3.05) is 0 Å². The Kier molecular flexibility index (Phi) is 5.06. The maximum absolute atomic E-state index is 12.8. The summed E-state index contributed by atoms with van der Waals surface area (Å²) in [7, 11) is 0. The fraction of sp³-hybridized carbons (Fsp3) is 0.562. The number of piperidine rings is 1. The molecule has 0 saturated carbocycles. The van der Waals surface area contributed by atoms with Gasteiger partial charge in [-0.15, -0.1) is 16.4 Å². The molecule has 1 N–H and O–H groups in total. The number of aromatic amines is 1. The Hall–Kier alpha value is -1.34.